The van der Waals surface area contributed by atoms with E-state index in [1.54, 1.807) is 13.0 Å². The molecule has 4 heteroatoms. The summed E-state index contributed by atoms with van der Waals surface area (Å²) in [6.07, 6.45) is 3.11. The Balaban J connectivity index is 3.79. The van der Waals surface area contributed by atoms with Gasteiger partial charge in [-0.05, 0) is 26.4 Å². The number of carbonyl (C=O) groups excluding carboxylic acids is 1. The summed E-state index contributed by atoms with van der Waals surface area (Å²) in [5.41, 5.74) is 0. The Bertz CT molecular complexity index is 216. The van der Waals surface area contributed by atoms with Gasteiger partial charge in [-0.25, -0.2) is 4.79 Å². The van der Waals surface area contributed by atoms with Crippen LogP contribution in [0, 0.1) is 6.92 Å². The van der Waals surface area contributed by atoms with Crippen LogP contribution in [0.15, 0.2) is 12.2 Å². The van der Waals surface area contributed by atoms with E-state index in [-0.39, 0.29) is 6.61 Å². The molecule has 1 radical (unpaired) electrons. The van der Waals surface area contributed by atoms with Gasteiger partial charge >= 0.3 is 5.97 Å². The molecule has 0 bridgehead atoms. The molecule has 0 saturated heterocycles. The van der Waals surface area contributed by atoms with E-state index in [1.165, 1.54) is 6.08 Å². The number of ether oxygens (including phenoxy) is 1. The average Bonchev–Trinajstić information content (AvgIpc) is 2.26. The van der Waals surface area contributed by atoms with Crippen LogP contribution in [-0.4, -0.2) is 48.3 Å². The molecular weight excluding hydrogens is 206 g/mol. The van der Waals surface area contributed by atoms with Gasteiger partial charge in [0.1, 0.15) is 12.7 Å². The van der Waals surface area contributed by atoms with Crippen LogP contribution in [0.25, 0.3) is 0 Å². The highest BCUT2D eigenvalue weighted by Gasteiger charge is 2.11. The van der Waals surface area contributed by atoms with Gasteiger partial charge in [0.2, 0.25) is 0 Å². The van der Waals surface area contributed by atoms with Crippen LogP contribution >= 0.6 is 0 Å². The van der Waals surface area contributed by atoms with E-state index in [0.29, 0.717) is 6.54 Å². The SMILES string of the molecule is [CH2]CCN(CC)CC(O)COC(=O)C=CC. The maximum absolute atomic E-state index is 11.0. The van der Waals surface area contributed by atoms with Crippen LogP contribution < -0.4 is 0 Å². The molecule has 0 saturated carbocycles. The van der Waals surface area contributed by atoms with Gasteiger partial charge in [-0.15, -0.1) is 0 Å². The first-order chi connectivity index (χ1) is 7.63. The molecule has 0 aromatic rings. The Morgan fingerprint density at radius 1 is 1.62 bits per heavy atom. The van der Waals surface area contributed by atoms with Crippen molar-refractivity contribution in [1.82, 2.24) is 4.90 Å². The highest BCUT2D eigenvalue weighted by molar-refractivity contribution is 5.81. The number of esters is 1. The summed E-state index contributed by atoms with van der Waals surface area (Å²) in [4.78, 5) is 13.1. The third-order valence-corrected chi connectivity index (χ3v) is 2.11. The summed E-state index contributed by atoms with van der Waals surface area (Å²) in [6.45, 7) is 9.77. The molecule has 16 heavy (non-hydrogen) atoms. The minimum atomic E-state index is -0.638. The zero-order valence-corrected chi connectivity index (χ0v) is 10.2. The van der Waals surface area contributed by atoms with E-state index >= 15 is 0 Å². The zero-order chi connectivity index (χ0) is 12.4. The second-order valence-corrected chi connectivity index (χ2v) is 3.53. The first-order valence-corrected chi connectivity index (χ1v) is 5.63. The fourth-order valence-electron chi connectivity index (χ4n) is 1.32. The summed E-state index contributed by atoms with van der Waals surface area (Å²) >= 11 is 0. The topological polar surface area (TPSA) is 49.8 Å². The first kappa shape index (κ1) is 15.1. The third kappa shape index (κ3) is 7.43. The van der Waals surface area contributed by atoms with Gasteiger partial charge < -0.3 is 14.7 Å². The van der Waals surface area contributed by atoms with Crippen molar-refractivity contribution < 1.29 is 14.6 Å². The summed E-state index contributed by atoms with van der Waals surface area (Å²) < 4.78 is 4.85. The molecular formula is C12H22NO3. The quantitative estimate of drug-likeness (QED) is 0.497. The Morgan fingerprint density at radius 3 is 2.81 bits per heavy atom. The normalized spacial score (nSPS) is 13.3. The highest BCUT2D eigenvalue weighted by atomic mass is 16.5. The Hall–Kier alpha value is -0.870. The zero-order valence-electron chi connectivity index (χ0n) is 10.2. The predicted molar refractivity (Wildman–Crippen MR) is 63.9 cm³/mol. The molecule has 1 atom stereocenters. The van der Waals surface area contributed by atoms with Gasteiger partial charge in [0.25, 0.3) is 0 Å². The monoisotopic (exact) mass is 228 g/mol. The van der Waals surface area contributed by atoms with Crippen molar-refractivity contribution in [2.75, 3.05) is 26.2 Å². The smallest absolute Gasteiger partial charge is 0.330 e. The van der Waals surface area contributed by atoms with Crippen LogP contribution in [0.5, 0.6) is 0 Å². The Morgan fingerprint density at radius 2 is 2.31 bits per heavy atom. The fraction of sp³-hybridized carbons (Fsp3) is 0.667. The van der Waals surface area contributed by atoms with Crippen molar-refractivity contribution in [3.63, 3.8) is 0 Å². The minimum absolute atomic E-state index is 0.0385. The lowest BCUT2D eigenvalue weighted by Gasteiger charge is -2.22. The molecule has 0 fully saturated rings. The second-order valence-electron chi connectivity index (χ2n) is 3.53. The maximum Gasteiger partial charge on any atom is 0.330 e. The lowest BCUT2D eigenvalue weighted by molar-refractivity contribution is -0.141. The minimum Gasteiger partial charge on any atom is -0.460 e. The van der Waals surface area contributed by atoms with E-state index in [9.17, 15) is 9.90 Å². The summed E-state index contributed by atoms with van der Waals surface area (Å²) in [5, 5.41) is 9.63. The summed E-state index contributed by atoms with van der Waals surface area (Å²) in [7, 11) is 0. The van der Waals surface area contributed by atoms with Crippen molar-refractivity contribution in [2.24, 2.45) is 0 Å². The van der Waals surface area contributed by atoms with Gasteiger partial charge in [-0.3, -0.25) is 0 Å². The van der Waals surface area contributed by atoms with Crippen LogP contribution in [0.4, 0.5) is 0 Å². The Labute approximate surface area is 97.9 Å². The number of nitrogens with zero attached hydrogens (tertiary/aromatic N) is 1. The van der Waals surface area contributed by atoms with Gasteiger partial charge in [0, 0.05) is 12.6 Å². The molecule has 0 aromatic heterocycles. The van der Waals surface area contributed by atoms with E-state index in [2.05, 4.69) is 11.8 Å². The number of hydrogen-bond acceptors (Lipinski definition) is 4. The number of aliphatic hydroxyl groups excluding tert-OH is 1. The molecule has 1 N–H and O–H groups in total. The molecule has 4 nitrogen and oxygen atoms in total. The lowest BCUT2D eigenvalue weighted by Crippen LogP contribution is -2.35. The highest BCUT2D eigenvalue weighted by Crippen LogP contribution is 1.96. The van der Waals surface area contributed by atoms with E-state index in [1.807, 2.05) is 6.92 Å². The molecule has 0 rings (SSSR count). The van der Waals surface area contributed by atoms with Gasteiger partial charge in [-0.2, -0.15) is 0 Å². The second kappa shape index (κ2) is 9.36. The van der Waals surface area contributed by atoms with Gasteiger partial charge in [0.05, 0.1) is 0 Å². The van der Waals surface area contributed by atoms with E-state index < -0.39 is 12.1 Å². The average molecular weight is 228 g/mol. The molecule has 0 aliphatic rings. The van der Waals surface area contributed by atoms with Crippen molar-refractivity contribution in [3.05, 3.63) is 19.1 Å². The first-order valence-electron chi connectivity index (χ1n) is 5.63. The number of allylic oxidation sites excluding steroid dienone is 1. The predicted octanol–water partition coefficient (Wildman–Crippen LogP) is 1.01. The molecule has 0 aliphatic carbocycles. The molecule has 0 amide bonds. The van der Waals surface area contributed by atoms with E-state index in [0.717, 1.165) is 19.5 Å². The number of rotatable bonds is 8. The number of hydrogen-bond donors (Lipinski definition) is 1. The molecule has 0 spiro atoms. The van der Waals surface area contributed by atoms with Crippen molar-refractivity contribution >= 4 is 5.97 Å². The standard InChI is InChI=1S/C12H22NO3/c1-4-7-12(15)16-10-11(14)9-13(6-3)8-5-2/h4,7,11,14H,2,5-6,8-10H2,1,3H3. The fourth-order valence-corrected chi connectivity index (χ4v) is 1.32. The number of carbonyl (C=O) groups is 1. The third-order valence-electron chi connectivity index (χ3n) is 2.11. The lowest BCUT2D eigenvalue weighted by atomic mass is 10.3. The molecule has 93 valence electrons. The molecule has 1 unspecified atom stereocenters. The molecule has 0 heterocycles. The molecule has 0 aliphatic heterocycles. The maximum atomic E-state index is 11.0. The summed E-state index contributed by atoms with van der Waals surface area (Å²) in [5.74, 6) is -0.415. The Kier molecular flexibility index (Phi) is 8.85. The van der Waals surface area contributed by atoms with Crippen LogP contribution in [0.2, 0.25) is 0 Å². The number of aliphatic hydroxyl groups is 1. The van der Waals surface area contributed by atoms with Crippen LogP contribution in [0.3, 0.4) is 0 Å². The van der Waals surface area contributed by atoms with Crippen LogP contribution in [0.1, 0.15) is 20.3 Å². The van der Waals surface area contributed by atoms with Crippen molar-refractivity contribution in [3.8, 4) is 0 Å². The summed E-state index contributed by atoms with van der Waals surface area (Å²) in [6, 6.07) is 0. The van der Waals surface area contributed by atoms with Gasteiger partial charge in [0.15, 0.2) is 0 Å². The molecule has 0 aromatic carbocycles. The van der Waals surface area contributed by atoms with Crippen molar-refractivity contribution in [2.45, 2.75) is 26.4 Å². The van der Waals surface area contributed by atoms with Crippen molar-refractivity contribution in [1.29, 1.82) is 0 Å². The van der Waals surface area contributed by atoms with Gasteiger partial charge in [-0.1, -0.05) is 19.9 Å². The number of likely N-dealkylation sites (N-methyl/N-ethyl adjacent to an activating group) is 1. The van der Waals surface area contributed by atoms with Crippen LogP contribution in [-0.2, 0) is 9.53 Å². The van der Waals surface area contributed by atoms with E-state index in [4.69, 9.17) is 4.74 Å². The largest absolute Gasteiger partial charge is 0.460 e.